The number of likely N-dealkylation sites (tertiary alicyclic amines) is 1. The van der Waals surface area contributed by atoms with Crippen LogP contribution in [0, 0.1) is 24.7 Å². The van der Waals surface area contributed by atoms with Crippen molar-refractivity contribution in [2.24, 2.45) is 27.7 Å². The number of fused-ring (bicyclic) bond motifs is 13. The maximum absolute atomic E-state index is 14.7. The van der Waals surface area contributed by atoms with Gasteiger partial charge >= 0.3 is 11.8 Å². The Balaban J connectivity index is 1.20. The van der Waals surface area contributed by atoms with Gasteiger partial charge in [-0.3, -0.25) is 34.1 Å². The zero-order valence-corrected chi connectivity index (χ0v) is 42.3. The van der Waals surface area contributed by atoms with Crippen molar-refractivity contribution in [3.05, 3.63) is 58.0 Å². The molecule has 1 spiro atoms. The van der Waals surface area contributed by atoms with Crippen molar-refractivity contribution in [2.45, 2.75) is 117 Å². The molecule has 2 aromatic rings. The van der Waals surface area contributed by atoms with Crippen LogP contribution in [-0.4, -0.2) is 166 Å². The summed E-state index contributed by atoms with van der Waals surface area (Å²) < 4.78 is 18.2. The summed E-state index contributed by atoms with van der Waals surface area (Å²) in [5.74, 6) is -5.70. The number of hydrogen-bond acceptors (Lipinski definition) is 16. The van der Waals surface area contributed by atoms with E-state index in [9.17, 15) is 39.6 Å². The van der Waals surface area contributed by atoms with Gasteiger partial charge in [0.05, 0.1) is 34.8 Å². The number of nitrogens with one attached hydrogen (secondary N) is 1. The molecule has 6 aliphatic heterocycles. The van der Waals surface area contributed by atoms with E-state index in [1.54, 1.807) is 56.9 Å². The molecule has 6 heterocycles. The van der Waals surface area contributed by atoms with Crippen LogP contribution in [0.2, 0.25) is 0 Å². The number of esters is 1. The normalized spacial score (nSPS) is 28.4. The monoisotopic (exact) mass is 972 g/mol. The Morgan fingerprint density at radius 3 is 2.33 bits per heavy atom. The van der Waals surface area contributed by atoms with E-state index in [1.807, 2.05) is 14.1 Å². The van der Waals surface area contributed by atoms with Gasteiger partial charge in [-0.15, -0.1) is 0 Å². The Kier molecular flexibility index (Phi) is 16.1. The first-order valence-corrected chi connectivity index (χ1v) is 24.8. The minimum Gasteiger partial charge on any atom is -0.507 e. The molecule has 2 fully saturated rings. The number of benzene rings is 2. The van der Waals surface area contributed by atoms with E-state index in [0.29, 0.717) is 58.0 Å². The van der Waals surface area contributed by atoms with Gasteiger partial charge in [-0.05, 0) is 52.8 Å². The number of anilines is 1. The molecule has 2 aromatic carbocycles. The first kappa shape index (κ1) is 52.4. The molecule has 70 heavy (non-hydrogen) atoms. The number of carbonyl (C=O) groups excluding carboxylic acids is 4. The molecule has 5 bridgehead atoms. The lowest BCUT2D eigenvalue weighted by atomic mass is 9.86. The molecule has 0 aromatic heterocycles. The number of nitrogens with zero attached hydrogens (tertiary/aromatic N) is 6. The summed E-state index contributed by atoms with van der Waals surface area (Å²) in [7, 11) is 4.03. The third kappa shape index (κ3) is 11.2. The van der Waals surface area contributed by atoms with Gasteiger partial charge in [0.25, 0.3) is 11.7 Å². The molecule has 0 aliphatic carbocycles. The Morgan fingerprint density at radius 1 is 0.971 bits per heavy atom. The predicted octanol–water partition coefficient (Wildman–Crippen LogP) is 3.71. The third-order valence-electron chi connectivity index (χ3n) is 14.5. The highest BCUT2D eigenvalue weighted by Crippen LogP contribution is 2.50. The van der Waals surface area contributed by atoms with Crippen LogP contribution in [0.15, 0.2) is 46.1 Å². The summed E-state index contributed by atoms with van der Waals surface area (Å²) >= 11 is 0. The zero-order valence-electron chi connectivity index (χ0n) is 42.3. The molecule has 2 amide bonds. The third-order valence-corrected chi connectivity index (χ3v) is 14.5. The number of ether oxygens (including phenoxy) is 3. The van der Waals surface area contributed by atoms with E-state index in [1.165, 1.54) is 13.2 Å². The molecular weight excluding hydrogens is 899 g/mol. The maximum atomic E-state index is 14.7. The van der Waals surface area contributed by atoms with Crippen molar-refractivity contribution in [2.75, 3.05) is 78.3 Å². The van der Waals surface area contributed by atoms with Crippen LogP contribution in [0.5, 0.6) is 17.2 Å². The minimum atomic E-state index is -1.93. The molecule has 8 rings (SSSR count). The van der Waals surface area contributed by atoms with Gasteiger partial charge in [0.1, 0.15) is 35.1 Å². The average Bonchev–Trinajstić information content (AvgIpc) is 3.81. The number of phenolic OH excluding ortho intramolecular Hbond substituents is 2. The van der Waals surface area contributed by atoms with Crippen molar-refractivity contribution >= 4 is 40.0 Å². The molecule has 2 saturated heterocycles. The van der Waals surface area contributed by atoms with Crippen molar-refractivity contribution in [3.8, 4) is 17.2 Å². The molecule has 6 aliphatic rings. The molecule has 18 heteroatoms. The molecule has 0 radical (unpaired) electrons. The highest BCUT2D eigenvalue weighted by atomic mass is 16.7. The number of likely N-dealkylation sites (N-methyl/N-ethyl adjacent to an activating group) is 1. The smallest absolute Gasteiger partial charge is 0.315 e. The zero-order chi connectivity index (χ0) is 50.8. The van der Waals surface area contributed by atoms with Crippen LogP contribution in [-0.2, 0) is 23.9 Å². The Labute approximate surface area is 410 Å². The fraction of sp³-hybridized carbons (Fsp3) is 0.615. The van der Waals surface area contributed by atoms with Gasteiger partial charge in [-0.2, -0.15) is 0 Å². The van der Waals surface area contributed by atoms with Gasteiger partial charge in [-0.1, -0.05) is 45.9 Å². The highest BCUT2D eigenvalue weighted by molar-refractivity contribution is 6.19. The standard InChI is InChI=1S/C52H73N7O11/c1-30(2)29-58-18-16-52(17-19-58)54-42-39-40-46(64)34(6)48-41(39)49(66)51(7,70-48)68-26-11-10-15-35(69-38(62)28-37(61)59-24-22-57(23-25-59)21-20-56(8)9)27-36(60)33(5)45(63)31(3)13-12-14-32(4)50(67)53-44(47(40)65)43(42)55-52/h11-14,26,30-31,33,35-36,45,60,63-65H,10,15-25,27-29H2,1-9H3,(H,53,67)/b13-12+,26-11+,32-14-/t31?,33-,35+,36?,45-,51-/m0/s1. The summed E-state index contributed by atoms with van der Waals surface area (Å²) in [5.41, 5.74) is -0.575. The van der Waals surface area contributed by atoms with Crippen molar-refractivity contribution in [1.82, 2.24) is 19.6 Å². The van der Waals surface area contributed by atoms with Crippen LogP contribution in [0.3, 0.4) is 0 Å². The number of aliphatic hydroxyl groups excluding tert-OH is 2. The second-order valence-electron chi connectivity index (χ2n) is 20.7. The van der Waals surface area contributed by atoms with Crippen molar-refractivity contribution < 1.29 is 53.8 Å². The van der Waals surface area contributed by atoms with E-state index in [-0.39, 0.29) is 80.5 Å². The topological polar surface area (TPSA) is 227 Å². The van der Waals surface area contributed by atoms with Crippen LogP contribution < -0.4 is 20.8 Å². The lowest BCUT2D eigenvalue weighted by Gasteiger charge is -2.36. The van der Waals surface area contributed by atoms with Crippen LogP contribution in [0.25, 0.3) is 10.8 Å². The summed E-state index contributed by atoms with van der Waals surface area (Å²) in [6.07, 6.45) is 5.84. The van der Waals surface area contributed by atoms with E-state index in [2.05, 4.69) is 33.9 Å². The number of Topliss-reactive ketones (excluding diaryl/α,β-unsaturated/α-hetero) is 1. The lowest BCUT2D eigenvalue weighted by Crippen LogP contribution is -2.50. The second-order valence-corrected chi connectivity index (χ2v) is 20.7. The largest absolute Gasteiger partial charge is 0.507 e. The van der Waals surface area contributed by atoms with Crippen LogP contribution in [0.4, 0.5) is 5.69 Å². The number of piperazine rings is 1. The number of rotatable bonds is 8. The van der Waals surface area contributed by atoms with E-state index in [4.69, 9.17) is 24.2 Å². The van der Waals surface area contributed by atoms with Gasteiger partial charge in [0, 0.05) is 113 Å². The molecular formula is C52H73N7O11. The number of allylic oxidation sites excluding steroid dienone is 3. The molecule has 0 saturated carbocycles. The summed E-state index contributed by atoms with van der Waals surface area (Å²) in [4.78, 5) is 74.1. The van der Waals surface area contributed by atoms with Crippen LogP contribution in [0.1, 0.15) is 96.0 Å². The van der Waals surface area contributed by atoms with Gasteiger partial charge in [0.15, 0.2) is 11.4 Å². The number of amides is 2. The average molecular weight is 972 g/mol. The number of piperidine rings is 1. The molecule has 2 unspecified atom stereocenters. The summed E-state index contributed by atoms with van der Waals surface area (Å²) in [6, 6.07) is 0. The quantitative estimate of drug-likeness (QED) is 0.145. The molecule has 382 valence electrons. The van der Waals surface area contributed by atoms with Gasteiger partial charge < -0.3 is 54.7 Å². The predicted molar refractivity (Wildman–Crippen MR) is 263 cm³/mol. The van der Waals surface area contributed by atoms with E-state index in [0.717, 1.165) is 19.6 Å². The molecule has 5 N–H and O–H groups in total. The SMILES string of the molecule is C/C1=C/C=C/C(C)[C@H](O)[C@@H](C)C(O)C[C@H](OC(=O)CC(=O)N2CCN(CCN(C)C)CC2)CC/C=C/O[C@@]2(C)Oc3c(C)c(O)c4c(O)c(c5c(c4c3C2=O)=NC2(CCN(CC(C)C)CC2)N=5)NC1=O. The van der Waals surface area contributed by atoms with E-state index < -0.39 is 71.4 Å². The Morgan fingerprint density at radius 2 is 1.66 bits per heavy atom. The van der Waals surface area contributed by atoms with Crippen LogP contribution >= 0.6 is 0 Å². The van der Waals surface area contributed by atoms with Gasteiger partial charge in [-0.25, -0.2) is 0 Å². The number of ketones is 1. The highest BCUT2D eigenvalue weighted by Gasteiger charge is 2.50. The number of phenols is 2. The first-order valence-electron chi connectivity index (χ1n) is 24.8. The van der Waals surface area contributed by atoms with Crippen molar-refractivity contribution in [3.63, 3.8) is 0 Å². The lowest BCUT2D eigenvalue weighted by molar-refractivity contribution is -0.155. The fourth-order valence-corrected chi connectivity index (χ4v) is 10.0. The Hall–Kier alpha value is -5.40. The second kappa shape index (κ2) is 21.5. The number of aliphatic hydroxyl groups is 2. The molecule has 6 atom stereocenters. The first-order chi connectivity index (χ1) is 33.1. The maximum Gasteiger partial charge on any atom is 0.315 e. The number of carbonyl (C=O) groups is 4. The number of hydrogen-bond donors (Lipinski definition) is 5. The van der Waals surface area contributed by atoms with Gasteiger partial charge in [0.2, 0.25) is 5.91 Å². The van der Waals surface area contributed by atoms with E-state index >= 15 is 0 Å². The summed E-state index contributed by atoms with van der Waals surface area (Å²) in [5, 5.41) is 50.2. The summed E-state index contributed by atoms with van der Waals surface area (Å²) in [6.45, 7) is 18.9. The Bertz CT molecular complexity index is 2560. The number of aromatic hydroxyl groups is 2. The minimum absolute atomic E-state index is 0.0368. The van der Waals surface area contributed by atoms with Crippen molar-refractivity contribution in [1.29, 1.82) is 0 Å². The molecule has 18 nitrogen and oxygen atoms in total. The fourth-order valence-electron chi connectivity index (χ4n) is 10.0.